The van der Waals surface area contributed by atoms with Crippen LogP contribution in [0, 0.1) is 0 Å². The normalized spacial score (nSPS) is 11.3. The van der Waals surface area contributed by atoms with E-state index in [-0.39, 0.29) is 10.0 Å². The molecule has 1 rings (SSSR count). The molecule has 0 saturated carbocycles. The Kier molecular flexibility index (Phi) is 4.04. The van der Waals surface area contributed by atoms with Gasteiger partial charge in [-0.15, -0.1) is 0 Å². The maximum atomic E-state index is 13.6. The predicted octanol–water partition coefficient (Wildman–Crippen LogP) is 3.04. The maximum absolute atomic E-state index is 13.6. The van der Waals surface area contributed by atoms with Crippen molar-refractivity contribution >= 4 is 29.2 Å². The molecule has 1 heterocycles. The van der Waals surface area contributed by atoms with Crippen molar-refractivity contribution in [2.75, 3.05) is 6.61 Å². The van der Waals surface area contributed by atoms with Crippen molar-refractivity contribution in [3.63, 3.8) is 0 Å². The molecule has 0 aliphatic heterocycles. The lowest BCUT2D eigenvalue weighted by Gasteiger charge is -2.18. The van der Waals surface area contributed by atoms with Gasteiger partial charge < -0.3 is 4.74 Å². The summed E-state index contributed by atoms with van der Waals surface area (Å²) in [4.78, 5) is 14.0. The third-order valence-electron chi connectivity index (χ3n) is 1.68. The van der Waals surface area contributed by atoms with Gasteiger partial charge in [0.25, 0.3) is 0 Å². The number of carbonyl (C=O) groups is 1. The van der Waals surface area contributed by atoms with E-state index in [1.54, 1.807) is 0 Å². The molecule has 0 atom stereocenters. The Morgan fingerprint density at radius 2 is 1.94 bits per heavy atom. The lowest BCUT2D eigenvalue weighted by molar-refractivity contribution is -0.153. The van der Waals surface area contributed by atoms with Gasteiger partial charge in [0.15, 0.2) is 6.61 Å². The van der Waals surface area contributed by atoms with E-state index >= 15 is 0 Å². The van der Waals surface area contributed by atoms with E-state index in [4.69, 9.17) is 23.2 Å². The molecule has 0 amide bonds. The molecule has 1 aromatic heterocycles. The first-order valence-electron chi connectivity index (χ1n) is 4.15. The molecular formula is C9H7Cl2F2NO2. The molecule has 0 fully saturated rings. The summed E-state index contributed by atoms with van der Waals surface area (Å²) in [6, 6.07) is 0. The van der Waals surface area contributed by atoms with E-state index in [1.807, 2.05) is 0 Å². The molecule has 0 aromatic carbocycles. The second kappa shape index (κ2) is 4.93. The largest absolute Gasteiger partial charge is 0.459 e. The Labute approximate surface area is 100 Å². The smallest absolute Gasteiger partial charge is 0.309 e. The highest BCUT2D eigenvalue weighted by atomic mass is 35.5. The van der Waals surface area contributed by atoms with Gasteiger partial charge in [-0.1, -0.05) is 23.2 Å². The Bertz CT molecular complexity index is 392. The number of esters is 1. The van der Waals surface area contributed by atoms with Crippen molar-refractivity contribution in [3.05, 3.63) is 28.0 Å². The van der Waals surface area contributed by atoms with E-state index in [0.717, 1.165) is 19.3 Å². The Hall–Kier alpha value is -0.940. The fourth-order valence-corrected chi connectivity index (χ4v) is 1.67. The van der Waals surface area contributed by atoms with E-state index in [9.17, 15) is 13.6 Å². The van der Waals surface area contributed by atoms with Gasteiger partial charge in [-0.25, -0.2) is 0 Å². The molecule has 0 aliphatic rings. The molecule has 0 N–H and O–H groups in total. The number of alkyl halides is 2. The molecule has 0 aliphatic carbocycles. The van der Waals surface area contributed by atoms with Crippen LogP contribution in [0.5, 0.6) is 0 Å². The van der Waals surface area contributed by atoms with Gasteiger partial charge in [0, 0.05) is 19.3 Å². The first kappa shape index (κ1) is 13.1. The number of pyridine rings is 1. The van der Waals surface area contributed by atoms with Crippen molar-refractivity contribution in [1.29, 1.82) is 0 Å². The lowest BCUT2D eigenvalue weighted by Crippen LogP contribution is -2.23. The molecule has 16 heavy (non-hydrogen) atoms. The van der Waals surface area contributed by atoms with E-state index in [2.05, 4.69) is 9.72 Å². The summed E-state index contributed by atoms with van der Waals surface area (Å²) >= 11 is 11.1. The molecular weight excluding hydrogens is 263 g/mol. The molecule has 0 saturated heterocycles. The first-order chi connectivity index (χ1) is 7.34. The third-order valence-corrected chi connectivity index (χ3v) is 2.25. The van der Waals surface area contributed by atoms with Crippen LogP contribution in [0.4, 0.5) is 8.78 Å². The summed E-state index contributed by atoms with van der Waals surface area (Å²) in [7, 11) is 0. The molecule has 1 aromatic rings. The number of ether oxygens (including phenoxy) is 1. The molecule has 88 valence electrons. The number of hydrogen-bond acceptors (Lipinski definition) is 3. The van der Waals surface area contributed by atoms with Gasteiger partial charge >= 0.3 is 11.9 Å². The van der Waals surface area contributed by atoms with Crippen LogP contribution in [-0.4, -0.2) is 17.6 Å². The third kappa shape index (κ3) is 3.02. The minimum absolute atomic E-state index is 0.273. The van der Waals surface area contributed by atoms with Crippen molar-refractivity contribution in [2.45, 2.75) is 12.8 Å². The zero-order valence-corrected chi connectivity index (χ0v) is 9.65. The number of halogens is 4. The summed E-state index contributed by atoms with van der Waals surface area (Å²) < 4.78 is 31.4. The fraction of sp³-hybridized carbons (Fsp3) is 0.333. The number of carbonyl (C=O) groups excluding carboxylic acids is 1. The van der Waals surface area contributed by atoms with Gasteiger partial charge in [-0.3, -0.25) is 9.78 Å². The monoisotopic (exact) mass is 269 g/mol. The van der Waals surface area contributed by atoms with Gasteiger partial charge in [0.05, 0.1) is 15.6 Å². The average molecular weight is 270 g/mol. The number of nitrogens with zero attached hydrogens (tertiary/aromatic N) is 1. The highest BCUT2D eigenvalue weighted by molar-refractivity contribution is 6.35. The van der Waals surface area contributed by atoms with Crippen LogP contribution >= 0.6 is 23.2 Å². The van der Waals surface area contributed by atoms with Gasteiger partial charge in [0.2, 0.25) is 0 Å². The number of hydrogen-bond donors (Lipinski definition) is 0. The molecule has 0 unspecified atom stereocenters. The van der Waals surface area contributed by atoms with Gasteiger partial charge in [-0.2, -0.15) is 8.78 Å². The topological polar surface area (TPSA) is 39.2 Å². The minimum Gasteiger partial charge on any atom is -0.459 e. The minimum atomic E-state index is -3.44. The quantitative estimate of drug-likeness (QED) is 0.792. The second-order valence-corrected chi connectivity index (χ2v) is 3.78. The molecule has 0 bridgehead atoms. The van der Waals surface area contributed by atoms with E-state index in [1.165, 1.54) is 0 Å². The van der Waals surface area contributed by atoms with E-state index < -0.39 is 24.1 Å². The van der Waals surface area contributed by atoms with Crippen LogP contribution in [0.1, 0.15) is 12.5 Å². The summed E-state index contributed by atoms with van der Waals surface area (Å²) in [5.74, 6) is -4.25. The SMILES string of the molecule is CC(=O)OCC(F)(F)c1c(Cl)cncc1Cl. The molecule has 3 nitrogen and oxygen atoms in total. The first-order valence-corrected chi connectivity index (χ1v) is 4.91. The van der Waals surface area contributed by atoms with Gasteiger partial charge in [0.1, 0.15) is 0 Å². The van der Waals surface area contributed by atoms with Crippen molar-refractivity contribution in [1.82, 2.24) is 4.98 Å². The van der Waals surface area contributed by atoms with Crippen molar-refractivity contribution < 1.29 is 18.3 Å². The standard InChI is InChI=1S/C9H7Cl2F2NO2/c1-5(15)16-4-9(12,13)8-6(10)2-14-3-7(8)11/h2-3H,4H2,1H3. The number of aromatic nitrogens is 1. The average Bonchev–Trinajstić information content (AvgIpc) is 2.14. The predicted molar refractivity (Wildman–Crippen MR) is 54.8 cm³/mol. The van der Waals surface area contributed by atoms with Crippen LogP contribution in [0.15, 0.2) is 12.4 Å². The van der Waals surface area contributed by atoms with Crippen LogP contribution in [0.2, 0.25) is 10.0 Å². The molecule has 7 heteroatoms. The van der Waals surface area contributed by atoms with Crippen LogP contribution in [0.3, 0.4) is 0 Å². The summed E-state index contributed by atoms with van der Waals surface area (Å²) in [6.45, 7) is -0.0718. The van der Waals surface area contributed by atoms with Crippen molar-refractivity contribution in [3.8, 4) is 0 Å². The Balaban J connectivity index is 3.01. The van der Waals surface area contributed by atoms with Crippen LogP contribution < -0.4 is 0 Å². The lowest BCUT2D eigenvalue weighted by atomic mass is 10.1. The molecule has 0 spiro atoms. The Morgan fingerprint density at radius 3 is 2.38 bits per heavy atom. The summed E-state index contributed by atoms with van der Waals surface area (Å²) in [6.07, 6.45) is 2.09. The van der Waals surface area contributed by atoms with Crippen LogP contribution in [-0.2, 0) is 15.5 Å². The van der Waals surface area contributed by atoms with E-state index in [0.29, 0.717) is 0 Å². The second-order valence-electron chi connectivity index (χ2n) is 2.96. The van der Waals surface area contributed by atoms with Gasteiger partial charge in [-0.05, 0) is 0 Å². The summed E-state index contributed by atoms with van der Waals surface area (Å²) in [5.41, 5.74) is -0.591. The Morgan fingerprint density at radius 1 is 1.44 bits per heavy atom. The van der Waals surface area contributed by atoms with Crippen LogP contribution in [0.25, 0.3) is 0 Å². The zero-order chi connectivity index (χ0) is 12.3. The fourth-order valence-electron chi connectivity index (χ4n) is 1.03. The maximum Gasteiger partial charge on any atom is 0.309 e. The number of rotatable bonds is 3. The zero-order valence-electron chi connectivity index (χ0n) is 8.14. The summed E-state index contributed by atoms with van der Waals surface area (Å²) in [5, 5.41) is -0.547. The highest BCUT2D eigenvalue weighted by Gasteiger charge is 2.37. The highest BCUT2D eigenvalue weighted by Crippen LogP contribution is 2.37. The van der Waals surface area contributed by atoms with Crippen molar-refractivity contribution in [2.24, 2.45) is 0 Å². The molecule has 0 radical (unpaired) electrons.